The number of H-pyrrole nitrogens is 1. The molecule has 1 aromatic carbocycles. The summed E-state index contributed by atoms with van der Waals surface area (Å²) in [5.74, 6) is 0.298. The predicted octanol–water partition coefficient (Wildman–Crippen LogP) is 2.24. The van der Waals surface area contributed by atoms with Crippen molar-refractivity contribution in [1.82, 2.24) is 19.7 Å². The Balaban J connectivity index is 1.65. The molecule has 0 aliphatic rings. The molecule has 7 heteroatoms. The van der Waals surface area contributed by atoms with Crippen LogP contribution in [0.4, 0.5) is 16.4 Å². The second-order valence-electron chi connectivity index (χ2n) is 4.05. The minimum atomic E-state index is -0.379. The van der Waals surface area contributed by atoms with Crippen LogP contribution >= 0.6 is 0 Å². The standard InChI is InChI=1S/C13H12N6O/c20-13(17-12-14-9-15-18-12)16-10-3-5-11(6-4-10)19-7-1-2-8-19/h1-9H,(H3,14,15,16,17,18,20). The molecular formula is C13H12N6O. The SMILES string of the molecule is O=C(Nc1ccc(-n2cccc2)cc1)Nc1ncn[nH]1. The van der Waals surface area contributed by atoms with Crippen molar-refractivity contribution in [2.45, 2.75) is 0 Å². The molecule has 0 saturated carbocycles. The van der Waals surface area contributed by atoms with Gasteiger partial charge in [0, 0.05) is 23.8 Å². The third kappa shape index (κ3) is 2.66. The van der Waals surface area contributed by atoms with Gasteiger partial charge in [-0.3, -0.25) is 5.32 Å². The first-order chi connectivity index (χ1) is 9.81. The number of aromatic nitrogens is 4. The lowest BCUT2D eigenvalue weighted by molar-refractivity contribution is 0.262. The van der Waals surface area contributed by atoms with Gasteiger partial charge in [-0.2, -0.15) is 10.1 Å². The van der Waals surface area contributed by atoms with Gasteiger partial charge < -0.3 is 9.88 Å². The van der Waals surface area contributed by atoms with Crippen molar-refractivity contribution in [1.29, 1.82) is 0 Å². The zero-order valence-corrected chi connectivity index (χ0v) is 10.4. The Labute approximate surface area is 114 Å². The number of nitrogens with zero attached hydrogens (tertiary/aromatic N) is 3. The number of anilines is 2. The summed E-state index contributed by atoms with van der Waals surface area (Å²) in [6.45, 7) is 0. The molecule has 0 saturated heterocycles. The van der Waals surface area contributed by atoms with Gasteiger partial charge in [0.2, 0.25) is 5.95 Å². The fraction of sp³-hybridized carbons (Fsp3) is 0. The summed E-state index contributed by atoms with van der Waals surface area (Å²) in [6, 6.07) is 11.0. The predicted molar refractivity (Wildman–Crippen MR) is 74.8 cm³/mol. The van der Waals surface area contributed by atoms with E-state index in [0.717, 1.165) is 5.69 Å². The Morgan fingerprint density at radius 1 is 1.10 bits per heavy atom. The molecule has 0 radical (unpaired) electrons. The lowest BCUT2D eigenvalue weighted by atomic mass is 10.3. The van der Waals surface area contributed by atoms with Crippen molar-refractivity contribution in [2.24, 2.45) is 0 Å². The first kappa shape index (κ1) is 12.0. The Morgan fingerprint density at radius 2 is 1.85 bits per heavy atom. The molecule has 0 spiro atoms. The maximum atomic E-state index is 11.7. The highest BCUT2D eigenvalue weighted by molar-refractivity contribution is 5.98. The highest BCUT2D eigenvalue weighted by Gasteiger charge is 2.04. The van der Waals surface area contributed by atoms with Crippen LogP contribution in [0.2, 0.25) is 0 Å². The molecule has 2 heterocycles. The van der Waals surface area contributed by atoms with Crippen LogP contribution in [0.3, 0.4) is 0 Å². The maximum absolute atomic E-state index is 11.7. The normalized spacial score (nSPS) is 10.2. The molecule has 0 fully saturated rings. The van der Waals surface area contributed by atoms with Gasteiger partial charge in [-0.05, 0) is 36.4 Å². The Kier molecular flexibility index (Phi) is 3.15. The Morgan fingerprint density at radius 3 is 2.50 bits per heavy atom. The number of hydrogen-bond donors (Lipinski definition) is 3. The summed E-state index contributed by atoms with van der Waals surface area (Å²) in [5, 5.41) is 11.4. The maximum Gasteiger partial charge on any atom is 0.326 e. The van der Waals surface area contributed by atoms with Crippen LogP contribution in [0.1, 0.15) is 0 Å². The molecule has 100 valence electrons. The number of rotatable bonds is 3. The minimum absolute atomic E-state index is 0.298. The molecule has 3 N–H and O–H groups in total. The van der Waals surface area contributed by atoms with E-state index in [1.165, 1.54) is 6.33 Å². The molecule has 0 bridgehead atoms. The van der Waals surface area contributed by atoms with Gasteiger partial charge in [-0.25, -0.2) is 9.89 Å². The van der Waals surface area contributed by atoms with Crippen molar-refractivity contribution in [3.05, 3.63) is 55.1 Å². The molecule has 20 heavy (non-hydrogen) atoms. The van der Waals surface area contributed by atoms with Gasteiger partial charge in [0.25, 0.3) is 0 Å². The molecule has 0 atom stereocenters. The fourth-order valence-corrected chi connectivity index (χ4v) is 1.76. The molecule has 2 amide bonds. The molecule has 0 aliphatic carbocycles. The van der Waals surface area contributed by atoms with E-state index in [2.05, 4.69) is 25.8 Å². The third-order valence-electron chi connectivity index (χ3n) is 2.67. The number of aromatic amines is 1. The van der Waals surface area contributed by atoms with Crippen molar-refractivity contribution in [3.63, 3.8) is 0 Å². The molecule has 2 aromatic heterocycles. The number of carbonyl (C=O) groups excluding carboxylic acids is 1. The van der Waals surface area contributed by atoms with Crippen LogP contribution in [0.25, 0.3) is 5.69 Å². The summed E-state index contributed by atoms with van der Waals surface area (Å²) in [6.07, 6.45) is 5.24. The Bertz CT molecular complexity index is 672. The van der Waals surface area contributed by atoms with E-state index >= 15 is 0 Å². The second kappa shape index (κ2) is 5.27. The van der Waals surface area contributed by atoms with Crippen molar-refractivity contribution < 1.29 is 4.79 Å². The molecule has 0 unspecified atom stereocenters. The summed E-state index contributed by atoms with van der Waals surface area (Å²) >= 11 is 0. The number of nitrogens with one attached hydrogen (secondary N) is 3. The zero-order chi connectivity index (χ0) is 13.8. The fourth-order valence-electron chi connectivity index (χ4n) is 1.76. The van der Waals surface area contributed by atoms with Crippen molar-refractivity contribution in [3.8, 4) is 5.69 Å². The van der Waals surface area contributed by atoms with Gasteiger partial charge in [-0.1, -0.05) is 0 Å². The number of carbonyl (C=O) groups is 1. The van der Waals surface area contributed by atoms with Gasteiger partial charge in [-0.15, -0.1) is 0 Å². The number of urea groups is 1. The van der Waals surface area contributed by atoms with Crippen LogP contribution in [-0.2, 0) is 0 Å². The topological polar surface area (TPSA) is 87.6 Å². The van der Waals surface area contributed by atoms with Gasteiger partial charge >= 0.3 is 6.03 Å². The quantitative estimate of drug-likeness (QED) is 0.680. The summed E-state index contributed by atoms with van der Waals surface area (Å²) < 4.78 is 1.98. The third-order valence-corrected chi connectivity index (χ3v) is 2.67. The van der Waals surface area contributed by atoms with Crippen LogP contribution in [-0.4, -0.2) is 25.8 Å². The average Bonchev–Trinajstić information content (AvgIpc) is 3.12. The van der Waals surface area contributed by atoms with Crippen LogP contribution in [0, 0.1) is 0 Å². The van der Waals surface area contributed by atoms with Crippen molar-refractivity contribution in [2.75, 3.05) is 10.6 Å². The van der Waals surface area contributed by atoms with Crippen LogP contribution in [0.15, 0.2) is 55.1 Å². The Hall–Kier alpha value is -3.09. The van der Waals surface area contributed by atoms with E-state index in [1.807, 2.05) is 53.4 Å². The van der Waals surface area contributed by atoms with Gasteiger partial charge in [0.1, 0.15) is 6.33 Å². The number of hydrogen-bond acceptors (Lipinski definition) is 3. The van der Waals surface area contributed by atoms with Gasteiger partial charge in [0.05, 0.1) is 0 Å². The zero-order valence-electron chi connectivity index (χ0n) is 10.4. The summed E-state index contributed by atoms with van der Waals surface area (Å²) in [4.78, 5) is 15.5. The second-order valence-corrected chi connectivity index (χ2v) is 4.05. The highest BCUT2D eigenvalue weighted by Crippen LogP contribution is 2.13. The van der Waals surface area contributed by atoms with Crippen LogP contribution in [0.5, 0.6) is 0 Å². The molecule has 0 aliphatic heterocycles. The molecule has 3 rings (SSSR count). The first-order valence-electron chi connectivity index (χ1n) is 5.98. The molecule has 7 nitrogen and oxygen atoms in total. The van der Waals surface area contributed by atoms with E-state index < -0.39 is 0 Å². The minimum Gasteiger partial charge on any atom is -0.324 e. The van der Waals surface area contributed by atoms with E-state index in [4.69, 9.17) is 0 Å². The highest BCUT2D eigenvalue weighted by atomic mass is 16.2. The molecular weight excluding hydrogens is 256 g/mol. The van der Waals surface area contributed by atoms with Gasteiger partial charge in [0.15, 0.2) is 0 Å². The number of benzene rings is 1. The largest absolute Gasteiger partial charge is 0.326 e. The van der Waals surface area contributed by atoms with Crippen LogP contribution < -0.4 is 10.6 Å². The average molecular weight is 268 g/mol. The van der Waals surface area contributed by atoms with Crippen molar-refractivity contribution >= 4 is 17.7 Å². The van der Waals surface area contributed by atoms with E-state index in [1.54, 1.807) is 0 Å². The van der Waals surface area contributed by atoms with E-state index in [-0.39, 0.29) is 6.03 Å². The van der Waals surface area contributed by atoms with E-state index in [0.29, 0.717) is 11.6 Å². The number of amides is 2. The lowest BCUT2D eigenvalue weighted by Gasteiger charge is -2.07. The first-order valence-corrected chi connectivity index (χ1v) is 5.98. The summed E-state index contributed by atoms with van der Waals surface area (Å²) in [5.41, 5.74) is 1.72. The van der Waals surface area contributed by atoms with E-state index in [9.17, 15) is 4.79 Å². The lowest BCUT2D eigenvalue weighted by Crippen LogP contribution is -2.20. The molecule has 3 aromatic rings. The smallest absolute Gasteiger partial charge is 0.324 e. The summed E-state index contributed by atoms with van der Waals surface area (Å²) in [7, 11) is 0. The monoisotopic (exact) mass is 268 g/mol.